The standard InChI is InChI=1S/C12H18N2O4S/c1-7-9(8(2)18-14-7)6-11(15)13-10(12(16)17)4-5-19-3/h10H,4-6H2,1-3H3,(H,13,15)(H,16,17)/t10-/m1/s1. The Hall–Kier alpha value is -1.50. The largest absolute Gasteiger partial charge is 0.480 e. The zero-order valence-electron chi connectivity index (χ0n) is 11.2. The Morgan fingerprint density at radius 1 is 1.47 bits per heavy atom. The summed E-state index contributed by atoms with van der Waals surface area (Å²) in [5.41, 5.74) is 1.37. The average Bonchev–Trinajstić information content (AvgIpc) is 2.66. The molecule has 106 valence electrons. The first-order chi connectivity index (χ1) is 8.95. The Balaban J connectivity index is 2.60. The second kappa shape index (κ2) is 7.18. The molecule has 0 aliphatic heterocycles. The van der Waals surface area contributed by atoms with E-state index in [-0.39, 0.29) is 12.3 Å². The van der Waals surface area contributed by atoms with Crippen LogP contribution in [0.25, 0.3) is 0 Å². The van der Waals surface area contributed by atoms with Crippen molar-refractivity contribution in [1.82, 2.24) is 10.5 Å². The number of carboxylic acid groups (broad SMARTS) is 1. The first-order valence-electron chi connectivity index (χ1n) is 5.88. The first-order valence-corrected chi connectivity index (χ1v) is 7.28. The number of carboxylic acids is 1. The molecule has 0 bridgehead atoms. The summed E-state index contributed by atoms with van der Waals surface area (Å²) in [4.78, 5) is 22.9. The third-order valence-electron chi connectivity index (χ3n) is 2.76. The van der Waals surface area contributed by atoms with Crippen molar-refractivity contribution in [2.75, 3.05) is 12.0 Å². The molecule has 0 saturated carbocycles. The molecular weight excluding hydrogens is 268 g/mol. The summed E-state index contributed by atoms with van der Waals surface area (Å²) in [6, 6.07) is -0.847. The molecule has 0 fully saturated rings. The van der Waals surface area contributed by atoms with Crippen LogP contribution >= 0.6 is 11.8 Å². The highest BCUT2D eigenvalue weighted by molar-refractivity contribution is 7.98. The minimum absolute atomic E-state index is 0.0875. The smallest absolute Gasteiger partial charge is 0.326 e. The Morgan fingerprint density at radius 2 is 2.16 bits per heavy atom. The number of thioether (sulfide) groups is 1. The van der Waals surface area contributed by atoms with Crippen LogP contribution in [0.4, 0.5) is 0 Å². The molecule has 1 rings (SSSR count). The van der Waals surface area contributed by atoms with E-state index >= 15 is 0 Å². The fraction of sp³-hybridized carbons (Fsp3) is 0.583. The molecule has 2 N–H and O–H groups in total. The molecule has 7 heteroatoms. The fourth-order valence-electron chi connectivity index (χ4n) is 1.65. The van der Waals surface area contributed by atoms with Crippen LogP contribution in [0.3, 0.4) is 0 Å². The van der Waals surface area contributed by atoms with Crippen molar-refractivity contribution < 1.29 is 19.2 Å². The van der Waals surface area contributed by atoms with E-state index in [1.807, 2.05) is 6.26 Å². The summed E-state index contributed by atoms with van der Waals surface area (Å²) in [6.45, 7) is 3.48. The van der Waals surface area contributed by atoms with E-state index in [1.165, 1.54) is 0 Å². The highest BCUT2D eigenvalue weighted by Crippen LogP contribution is 2.13. The van der Waals surface area contributed by atoms with Gasteiger partial charge in [-0.15, -0.1) is 0 Å². The summed E-state index contributed by atoms with van der Waals surface area (Å²) in [5.74, 6) is -0.0737. The van der Waals surface area contributed by atoms with Crippen molar-refractivity contribution in [3.63, 3.8) is 0 Å². The van der Waals surface area contributed by atoms with Gasteiger partial charge in [0, 0.05) is 5.56 Å². The number of hydrogen-bond donors (Lipinski definition) is 2. The maximum absolute atomic E-state index is 11.8. The molecule has 0 unspecified atom stereocenters. The fourth-order valence-corrected chi connectivity index (χ4v) is 2.12. The van der Waals surface area contributed by atoms with Gasteiger partial charge in [-0.05, 0) is 32.3 Å². The molecule has 19 heavy (non-hydrogen) atoms. The molecule has 1 heterocycles. The van der Waals surface area contributed by atoms with E-state index in [2.05, 4.69) is 10.5 Å². The van der Waals surface area contributed by atoms with Gasteiger partial charge in [-0.1, -0.05) is 5.16 Å². The van der Waals surface area contributed by atoms with E-state index in [4.69, 9.17) is 9.63 Å². The van der Waals surface area contributed by atoms with Gasteiger partial charge < -0.3 is 14.9 Å². The van der Waals surface area contributed by atoms with E-state index in [9.17, 15) is 9.59 Å². The highest BCUT2D eigenvalue weighted by atomic mass is 32.2. The average molecular weight is 286 g/mol. The topological polar surface area (TPSA) is 92.4 Å². The summed E-state index contributed by atoms with van der Waals surface area (Å²) in [5, 5.41) is 15.3. The molecule has 6 nitrogen and oxygen atoms in total. The third kappa shape index (κ3) is 4.59. The van der Waals surface area contributed by atoms with Gasteiger partial charge in [-0.25, -0.2) is 4.79 Å². The maximum Gasteiger partial charge on any atom is 0.326 e. The van der Waals surface area contributed by atoms with Crippen LogP contribution in [-0.2, 0) is 16.0 Å². The van der Waals surface area contributed by atoms with Gasteiger partial charge in [0.15, 0.2) is 0 Å². The van der Waals surface area contributed by atoms with E-state index in [0.29, 0.717) is 29.2 Å². The predicted molar refractivity (Wildman–Crippen MR) is 72.2 cm³/mol. The van der Waals surface area contributed by atoms with Gasteiger partial charge in [-0.2, -0.15) is 11.8 Å². The quantitative estimate of drug-likeness (QED) is 0.781. The van der Waals surface area contributed by atoms with Crippen LogP contribution in [0.5, 0.6) is 0 Å². The number of aryl methyl sites for hydroxylation is 2. The van der Waals surface area contributed by atoms with Gasteiger partial charge in [0.2, 0.25) is 5.91 Å². The summed E-state index contributed by atoms with van der Waals surface area (Å²) in [7, 11) is 0. The summed E-state index contributed by atoms with van der Waals surface area (Å²) in [6.07, 6.45) is 2.39. The monoisotopic (exact) mass is 286 g/mol. The lowest BCUT2D eigenvalue weighted by Gasteiger charge is -2.13. The van der Waals surface area contributed by atoms with Gasteiger partial charge in [0.05, 0.1) is 12.1 Å². The van der Waals surface area contributed by atoms with Gasteiger partial charge in [0.1, 0.15) is 11.8 Å². The number of nitrogens with one attached hydrogen (secondary N) is 1. The Morgan fingerprint density at radius 3 is 2.63 bits per heavy atom. The lowest BCUT2D eigenvalue weighted by Crippen LogP contribution is -2.42. The van der Waals surface area contributed by atoms with Crippen molar-refractivity contribution in [3.8, 4) is 0 Å². The van der Waals surface area contributed by atoms with Gasteiger partial charge in [-0.3, -0.25) is 4.79 Å². The second-order valence-corrected chi connectivity index (χ2v) is 5.20. The highest BCUT2D eigenvalue weighted by Gasteiger charge is 2.21. The predicted octanol–water partition coefficient (Wildman–Crippen LogP) is 1.16. The normalized spacial score (nSPS) is 12.2. The number of carbonyl (C=O) groups excluding carboxylic acids is 1. The number of carbonyl (C=O) groups is 2. The van der Waals surface area contributed by atoms with E-state index in [1.54, 1.807) is 25.6 Å². The van der Waals surface area contributed by atoms with Crippen LogP contribution in [0, 0.1) is 13.8 Å². The number of rotatable bonds is 7. The number of aliphatic carboxylic acids is 1. The van der Waals surface area contributed by atoms with Crippen molar-refractivity contribution >= 4 is 23.6 Å². The lowest BCUT2D eigenvalue weighted by atomic mass is 10.1. The Bertz CT molecular complexity index is 439. The van der Waals surface area contributed by atoms with Crippen molar-refractivity contribution in [2.24, 2.45) is 0 Å². The number of aromatic nitrogens is 1. The van der Waals surface area contributed by atoms with Crippen molar-refractivity contribution in [1.29, 1.82) is 0 Å². The number of hydrogen-bond acceptors (Lipinski definition) is 5. The SMILES string of the molecule is CSCC[C@@H](NC(=O)Cc1c(C)noc1C)C(=O)O. The first kappa shape index (κ1) is 15.6. The summed E-state index contributed by atoms with van der Waals surface area (Å²) >= 11 is 1.55. The molecular formula is C12H18N2O4S. The molecule has 0 aliphatic carbocycles. The zero-order valence-corrected chi connectivity index (χ0v) is 12.0. The van der Waals surface area contributed by atoms with Crippen LogP contribution in [0.1, 0.15) is 23.4 Å². The van der Waals surface area contributed by atoms with Crippen LogP contribution < -0.4 is 5.32 Å². The second-order valence-electron chi connectivity index (χ2n) is 4.22. The molecule has 0 aromatic carbocycles. The molecule has 1 aromatic heterocycles. The minimum atomic E-state index is -1.01. The Kier molecular flexibility index (Phi) is 5.88. The van der Waals surface area contributed by atoms with Crippen LogP contribution in [0.15, 0.2) is 4.52 Å². The van der Waals surface area contributed by atoms with Crippen molar-refractivity contribution in [3.05, 3.63) is 17.0 Å². The minimum Gasteiger partial charge on any atom is -0.480 e. The maximum atomic E-state index is 11.8. The van der Waals surface area contributed by atoms with Gasteiger partial charge >= 0.3 is 5.97 Å². The molecule has 0 saturated heterocycles. The van der Waals surface area contributed by atoms with E-state index < -0.39 is 12.0 Å². The zero-order chi connectivity index (χ0) is 14.4. The molecule has 0 aliphatic rings. The Labute approximate surface area is 115 Å². The van der Waals surface area contributed by atoms with E-state index in [0.717, 1.165) is 0 Å². The molecule has 1 amide bonds. The third-order valence-corrected chi connectivity index (χ3v) is 3.41. The number of nitrogens with zero attached hydrogens (tertiary/aromatic N) is 1. The molecule has 1 atom stereocenters. The van der Waals surface area contributed by atoms with Crippen LogP contribution in [0.2, 0.25) is 0 Å². The lowest BCUT2D eigenvalue weighted by molar-refractivity contribution is -0.141. The molecule has 1 aromatic rings. The number of amides is 1. The van der Waals surface area contributed by atoms with Crippen LogP contribution in [-0.4, -0.2) is 40.2 Å². The summed E-state index contributed by atoms with van der Waals surface area (Å²) < 4.78 is 4.96. The molecule has 0 spiro atoms. The van der Waals surface area contributed by atoms with Crippen molar-refractivity contribution in [2.45, 2.75) is 32.7 Å². The van der Waals surface area contributed by atoms with Gasteiger partial charge in [0.25, 0.3) is 0 Å². The molecule has 0 radical (unpaired) electrons.